The molecule has 0 aromatic heterocycles. The number of hydrogen-bond acceptors (Lipinski definition) is 1. The van der Waals surface area contributed by atoms with Crippen molar-refractivity contribution >= 4 is 15.9 Å². The summed E-state index contributed by atoms with van der Waals surface area (Å²) in [4.78, 5) is 0. The van der Waals surface area contributed by atoms with Gasteiger partial charge in [0.15, 0.2) is 0 Å². The zero-order chi connectivity index (χ0) is 13.1. The van der Waals surface area contributed by atoms with E-state index >= 15 is 0 Å². The summed E-state index contributed by atoms with van der Waals surface area (Å²) in [6.45, 7) is 1.61. The summed E-state index contributed by atoms with van der Waals surface area (Å²) >= 11 is 3.11. The normalized spacial score (nSPS) is 12.8. The Hall–Kier alpha value is -0.990. The highest BCUT2D eigenvalue weighted by molar-refractivity contribution is 9.10. The molecule has 0 spiro atoms. The van der Waals surface area contributed by atoms with Crippen LogP contribution in [0.25, 0.3) is 0 Å². The minimum Gasteiger partial charge on any atom is -0.387 e. The van der Waals surface area contributed by atoms with Crippen LogP contribution in [0.2, 0.25) is 0 Å². The van der Waals surface area contributed by atoms with E-state index in [1.165, 1.54) is 6.07 Å². The van der Waals surface area contributed by atoms with Crippen molar-refractivity contribution in [2.45, 2.75) is 25.6 Å². The summed E-state index contributed by atoms with van der Waals surface area (Å²) in [5, 5.41) is 9.72. The summed E-state index contributed by atoms with van der Waals surface area (Å²) in [7, 11) is 0. The molecule has 92 valence electrons. The molecule has 0 saturated heterocycles. The molecule has 0 bridgehead atoms. The summed E-state index contributed by atoms with van der Waals surface area (Å²) in [6.07, 6.45) is -5.33. The van der Waals surface area contributed by atoms with Crippen LogP contribution in [0, 0.1) is 11.8 Å². The van der Waals surface area contributed by atoms with Gasteiger partial charge in [0.1, 0.15) is 0 Å². The molecule has 0 heterocycles. The van der Waals surface area contributed by atoms with E-state index in [0.29, 0.717) is 4.47 Å². The number of rotatable bonds is 2. The lowest BCUT2D eigenvalue weighted by Gasteiger charge is -2.13. The third-order valence-electron chi connectivity index (χ3n) is 2.15. The van der Waals surface area contributed by atoms with Gasteiger partial charge in [-0.05, 0) is 30.7 Å². The highest BCUT2D eigenvalue weighted by Crippen LogP contribution is 2.34. The molecule has 1 unspecified atom stereocenters. The van der Waals surface area contributed by atoms with E-state index in [2.05, 4.69) is 27.8 Å². The van der Waals surface area contributed by atoms with Gasteiger partial charge in [-0.2, -0.15) is 13.2 Å². The van der Waals surface area contributed by atoms with Crippen molar-refractivity contribution < 1.29 is 18.3 Å². The van der Waals surface area contributed by atoms with Crippen LogP contribution in [-0.2, 0) is 6.18 Å². The maximum absolute atomic E-state index is 12.5. The highest BCUT2D eigenvalue weighted by Gasteiger charge is 2.31. The maximum atomic E-state index is 12.5. The van der Waals surface area contributed by atoms with Gasteiger partial charge < -0.3 is 5.11 Å². The summed E-state index contributed by atoms with van der Waals surface area (Å²) in [6, 6.07) is 3.18. The number of aliphatic hydroxyl groups excluding tert-OH is 1. The second-order valence-electron chi connectivity index (χ2n) is 3.38. The first kappa shape index (κ1) is 14.1. The SMILES string of the molecule is CC#CCC(O)c1cc(C(F)(F)F)ccc1Br. The fraction of sp³-hybridized carbons (Fsp3) is 0.333. The van der Waals surface area contributed by atoms with Gasteiger partial charge in [-0.15, -0.1) is 11.8 Å². The van der Waals surface area contributed by atoms with Crippen molar-refractivity contribution in [3.8, 4) is 11.8 Å². The van der Waals surface area contributed by atoms with Crippen molar-refractivity contribution in [1.82, 2.24) is 0 Å². The monoisotopic (exact) mass is 306 g/mol. The number of benzene rings is 1. The molecule has 0 saturated carbocycles. The van der Waals surface area contributed by atoms with Crippen molar-refractivity contribution in [3.63, 3.8) is 0 Å². The van der Waals surface area contributed by atoms with Crippen LogP contribution in [-0.4, -0.2) is 5.11 Å². The Morgan fingerprint density at radius 3 is 2.59 bits per heavy atom. The van der Waals surface area contributed by atoms with E-state index in [0.717, 1.165) is 12.1 Å². The summed E-state index contributed by atoms with van der Waals surface area (Å²) < 4.78 is 37.9. The van der Waals surface area contributed by atoms with E-state index in [4.69, 9.17) is 0 Å². The van der Waals surface area contributed by atoms with Gasteiger partial charge in [-0.3, -0.25) is 0 Å². The highest BCUT2D eigenvalue weighted by atomic mass is 79.9. The molecule has 1 N–H and O–H groups in total. The average Bonchev–Trinajstić information content (AvgIpc) is 2.24. The van der Waals surface area contributed by atoms with Crippen LogP contribution in [0.5, 0.6) is 0 Å². The van der Waals surface area contributed by atoms with Crippen molar-refractivity contribution in [2.75, 3.05) is 0 Å². The molecule has 0 radical (unpaired) electrons. The van der Waals surface area contributed by atoms with E-state index in [9.17, 15) is 18.3 Å². The van der Waals surface area contributed by atoms with Gasteiger partial charge in [0.05, 0.1) is 11.7 Å². The Balaban J connectivity index is 3.09. The first-order chi connectivity index (χ1) is 7.86. The molecular formula is C12H10BrF3O. The standard InChI is InChI=1S/C12H10BrF3O/c1-2-3-4-11(17)9-7-8(12(14,15)16)5-6-10(9)13/h5-7,11,17H,4H2,1H3. The number of alkyl halides is 3. The largest absolute Gasteiger partial charge is 0.416 e. The lowest BCUT2D eigenvalue weighted by atomic mass is 10.0. The summed E-state index contributed by atoms with van der Waals surface area (Å²) in [5.74, 6) is 5.21. The lowest BCUT2D eigenvalue weighted by molar-refractivity contribution is -0.137. The van der Waals surface area contributed by atoms with Crippen molar-refractivity contribution in [1.29, 1.82) is 0 Å². The van der Waals surface area contributed by atoms with Gasteiger partial charge in [0.25, 0.3) is 0 Å². The molecule has 1 aromatic rings. The molecule has 1 rings (SSSR count). The molecular weight excluding hydrogens is 297 g/mol. The summed E-state index contributed by atoms with van der Waals surface area (Å²) in [5.41, 5.74) is -0.582. The smallest absolute Gasteiger partial charge is 0.387 e. The zero-order valence-corrected chi connectivity index (χ0v) is 10.6. The second-order valence-corrected chi connectivity index (χ2v) is 4.24. The third kappa shape index (κ3) is 3.76. The van der Waals surface area contributed by atoms with E-state index in [1.54, 1.807) is 6.92 Å². The molecule has 5 heteroatoms. The molecule has 1 nitrogen and oxygen atoms in total. The Kier molecular flexibility index (Phi) is 4.61. The van der Waals surface area contributed by atoms with Crippen molar-refractivity contribution in [2.24, 2.45) is 0 Å². The molecule has 1 aromatic carbocycles. The molecule has 0 aliphatic carbocycles. The molecule has 0 amide bonds. The fourth-order valence-electron chi connectivity index (χ4n) is 1.28. The number of halogens is 4. The topological polar surface area (TPSA) is 20.2 Å². The first-order valence-electron chi connectivity index (χ1n) is 4.80. The van der Waals surface area contributed by atoms with Crippen LogP contribution < -0.4 is 0 Å². The van der Waals surface area contributed by atoms with Gasteiger partial charge >= 0.3 is 6.18 Å². The first-order valence-corrected chi connectivity index (χ1v) is 5.60. The zero-order valence-electron chi connectivity index (χ0n) is 8.98. The third-order valence-corrected chi connectivity index (χ3v) is 2.88. The van der Waals surface area contributed by atoms with Crippen LogP contribution in [0.3, 0.4) is 0 Å². The van der Waals surface area contributed by atoms with Gasteiger partial charge in [-0.1, -0.05) is 15.9 Å². The fourth-order valence-corrected chi connectivity index (χ4v) is 1.80. The molecule has 0 aliphatic rings. The van der Waals surface area contributed by atoms with E-state index < -0.39 is 17.8 Å². The minimum atomic E-state index is -4.41. The molecule has 0 fully saturated rings. The van der Waals surface area contributed by atoms with Crippen LogP contribution in [0.15, 0.2) is 22.7 Å². The molecule has 1 atom stereocenters. The molecule has 17 heavy (non-hydrogen) atoms. The predicted octanol–water partition coefficient (Wildman–Crippen LogP) is 3.91. The Morgan fingerprint density at radius 1 is 1.41 bits per heavy atom. The van der Waals surface area contributed by atoms with Crippen LogP contribution in [0.4, 0.5) is 13.2 Å². The maximum Gasteiger partial charge on any atom is 0.416 e. The Labute approximate surface area is 106 Å². The number of aliphatic hydroxyl groups is 1. The van der Waals surface area contributed by atoms with Gasteiger partial charge in [-0.25, -0.2) is 0 Å². The van der Waals surface area contributed by atoms with Gasteiger partial charge in [0, 0.05) is 10.9 Å². The average molecular weight is 307 g/mol. The predicted molar refractivity (Wildman–Crippen MR) is 62.2 cm³/mol. The minimum absolute atomic E-state index is 0.108. The van der Waals surface area contributed by atoms with E-state index in [-0.39, 0.29) is 12.0 Å². The van der Waals surface area contributed by atoms with Crippen LogP contribution in [0.1, 0.15) is 30.6 Å². The Bertz CT molecular complexity index is 457. The van der Waals surface area contributed by atoms with E-state index in [1.807, 2.05) is 0 Å². The lowest BCUT2D eigenvalue weighted by Crippen LogP contribution is -2.07. The Morgan fingerprint density at radius 2 is 2.06 bits per heavy atom. The molecule has 0 aliphatic heterocycles. The van der Waals surface area contributed by atoms with Crippen molar-refractivity contribution in [3.05, 3.63) is 33.8 Å². The van der Waals surface area contributed by atoms with Crippen LogP contribution >= 0.6 is 15.9 Å². The number of hydrogen-bond donors (Lipinski definition) is 1. The van der Waals surface area contributed by atoms with Gasteiger partial charge in [0.2, 0.25) is 0 Å². The second kappa shape index (κ2) is 5.56. The quantitative estimate of drug-likeness (QED) is 0.821.